The van der Waals surface area contributed by atoms with Crippen LogP contribution in [0, 0.1) is 24.6 Å². The van der Waals surface area contributed by atoms with E-state index < -0.39 is 17.4 Å². The molecule has 1 aliphatic heterocycles. The molecule has 2 aromatic heterocycles. The molecule has 6 rings (SSSR count). The number of anilines is 1. The second-order valence-electron chi connectivity index (χ2n) is 9.91. The van der Waals surface area contributed by atoms with Crippen molar-refractivity contribution in [2.45, 2.75) is 64.1 Å². The van der Waals surface area contributed by atoms with Crippen molar-refractivity contribution in [1.29, 1.82) is 0 Å². The summed E-state index contributed by atoms with van der Waals surface area (Å²) >= 11 is 6.32. The lowest BCUT2D eigenvalue weighted by Gasteiger charge is -2.61. The average Bonchev–Trinajstić information content (AvgIpc) is 3.27. The molecule has 2 aliphatic carbocycles. The van der Waals surface area contributed by atoms with Crippen molar-refractivity contribution in [3.63, 3.8) is 0 Å². The Kier molecular flexibility index (Phi) is 4.91. The number of aromatic nitrogens is 5. The number of piperidine rings is 1. The van der Waals surface area contributed by atoms with Crippen LogP contribution in [0.15, 0.2) is 22.9 Å². The van der Waals surface area contributed by atoms with Gasteiger partial charge in [0.1, 0.15) is 17.7 Å². The molecule has 3 aliphatic rings. The fourth-order valence-corrected chi connectivity index (χ4v) is 5.73. The zero-order valence-corrected chi connectivity index (χ0v) is 19.7. The Morgan fingerprint density at radius 2 is 2.15 bits per heavy atom. The van der Waals surface area contributed by atoms with E-state index in [1.807, 2.05) is 0 Å². The topological polar surface area (TPSA) is 102 Å². The van der Waals surface area contributed by atoms with E-state index in [0.717, 1.165) is 25.8 Å². The van der Waals surface area contributed by atoms with E-state index in [2.05, 4.69) is 32.5 Å². The van der Waals surface area contributed by atoms with Crippen LogP contribution in [-0.4, -0.2) is 41.9 Å². The number of amides is 2. The minimum atomic E-state index is -0.664. The SMILES string of the molecule is Cc1nnc(C23CC(C[C@H](C)C2)N3C(=O)Nc2cc(-c3ncn(CC4CC4)n3)c(Cl)cc2F)o1. The van der Waals surface area contributed by atoms with Gasteiger partial charge in [-0.3, -0.25) is 4.68 Å². The third-order valence-electron chi connectivity index (χ3n) is 7.12. The summed E-state index contributed by atoms with van der Waals surface area (Å²) in [7, 11) is 0. The molecule has 0 spiro atoms. The molecule has 2 amide bonds. The molecule has 9 nitrogen and oxygen atoms in total. The number of nitrogens with one attached hydrogen (secondary N) is 1. The predicted octanol–water partition coefficient (Wildman–Crippen LogP) is 4.77. The number of aryl methyl sites for hydroxylation is 1. The number of halogens is 2. The summed E-state index contributed by atoms with van der Waals surface area (Å²) in [6, 6.07) is 2.31. The summed E-state index contributed by atoms with van der Waals surface area (Å²) < 4.78 is 22.4. The van der Waals surface area contributed by atoms with Crippen molar-refractivity contribution >= 4 is 23.3 Å². The minimum Gasteiger partial charge on any atom is -0.423 e. The van der Waals surface area contributed by atoms with Gasteiger partial charge in [-0.2, -0.15) is 5.10 Å². The summed E-state index contributed by atoms with van der Waals surface area (Å²) in [6.45, 7) is 4.69. The van der Waals surface area contributed by atoms with E-state index in [-0.39, 0.29) is 16.8 Å². The van der Waals surface area contributed by atoms with Crippen molar-refractivity contribution in [2.75, 3.05) is 5.32 Å². The van der Waals surface area contributed by atoms with Gasteiger partial charge in [-0.05, 0) is 49.7 Å². The van der Waals surface area contributed by atoms with Crippen LogP contribution in [0.1, 0.15) is 50.8 Å². The van der Waals surface area contributed by atoms with Gasteiger partial charge in [0.25, 0.3) is 0 Å². The van der Waals surface area contributed by atoms with Gasteiger partial charge in [-0.1, -0.05) is 18.5 Å². The monoisotopic (exact) mass is 485 g/mol. The lowest BCUT2D eigenvalue weighted by Crippen LogP contribution is -2.70. The zero-order valence-electron chi connectivity index (χ0n) is 19.0. The largest absolute Gasteiger partial charge is 0.423 e. The second-order valence-corrected chi connectivity index (χ2v) is 10.3. The first-order valence-electron chi connectivity index (χ1n) is 11.6. The van der Waals surface area contributed by atoms with Crippen LogP contribution in [0.3, 0.4) is 0 Å². The zero-order chi connectivity index (χ0) is 23.6. The van der Waals surface area contributed by atoms with Crippen LogP contribution >= 0.6 is 11.6 Å². The number of fused-ring (bicyclic) bond motifs is 2. The van der Waals surface area contributed by atoms with Crippen molar-refractivity contribution in [2.24, 2.45) is 11.8 Å². The van der Waals surface area contributed by atoms with Crippen LogP contribution in [0.5, 0.6) is 0 Å². The first-order valence-corrected chi connectivity index (χ1v) is 12.0. The summed E-state index contributed by atoms with van der Waals surface area (Å²) in [5.74, 6) is 1.71. The lowest BCUT2D eigenvalue weighted by molar-refractivity contribution is -0.110. The van der Waals surface area contributed by atoms with Gasteiger partial charge >= 0.3 is 6.03 Å². The average molecular weight is 486 g/mol. The van der Waals surface area contributed by atoms with Gasteiger partial charge in [0.05, 0.1) is 10.7 Å². The molecular weight excluding hydrogens is 461 g/mol. The molecule has 178 valence electrons. The fraction of sp³-hybridized carbons (Fsp3) is 0.522. The van der Waals surface area contributed by atoms with Crippen molar-refractivity contribution in [1.82, 2.24) is 29.9 Å². The molecule has 3 fully saturated rings. The maximum Gasteiger partial charge on any atom is 0.323 e. The Morgan fingerprint density at radius 3 is 2.88 bits per heavy atom. The number of hydrogen-bond donors (Lipinski definition) is 1. The number of hydrogen-bond acceptors (Lipinski definition) is 6. The van der Waals surface area contributed by atoms with Crippen molar-refractivity contribution in [3.8, 4) is 11.4 Å². The van der Waals surface area contributed by atoms with Gasteiger partial charge < -0.3 is 14.6 Å². The molecule has 2 bridgehead atoms. The van der Waals surface area contributed by atoms with Crippen LogP contribution < -0.4 is 5.32 Å². The van der Waals surface area contributed by atoms with Gasteiger partial charge in [-0.25, -0.2) is 14.2 Å². The maximum atomic E-state index is 14.8. The normalized spacial score (nSPS) is 25.8. The van der Waals surface area contributed by atoms with Crippen LogP contribution in [0.2, 0.25) is 5.02 Å². The third-order valence-corrected chi connectivity index (χ3v) is 7.43. The second kappa shape index (κ2) is 7.76. The van der Waals surface area contributed by atoms with E-state index in [4.69, 9.17) is 16.0 Å². The number of rotatable bonds is 5. The minimum absolute atomic E-state index is 0.0258. The van der Waals surface area contributed by atoms with E-state index in [9.17, 15) is 9.18 Å². The number of carbonyl (C=O) groups excluding carboxylic acids is 1. The van der Waals surface area contributed by atoms with Gasteiger partial charge in [0, 0.05) is 31.5 Å². The first-order chi connectivity index (χ1) is 16.3. The van der Waals surface area contributed by atoms with Crippen LogP contribution in [0.25, 0.3) is 11.4 Å². The Hall–Kier alpha value is -3.01. The Bertz CT molecular complexity index is 1270. The smallest absolute Gasteiger partial charge is 0.323 e. The predicted molar refractivity (Wildman–Crippen MR) is 122 cm³/mol. The molecule has 2 unspecified atom stereocenters. The molecule has 3 aromatic rings. The molecule has 34 heavy (non-hydrogen) atoms. The Balaban J connectivity index is 1.27. The van der Waals surface area contributed by atoms with Crippen molar-refractivity contribution in [3.05, 3.63) is 41.1 Å². The maximum absolute atomic E-state index is 14.8. The number of likely N-dealkylation sites (tertiary alicyclic amines) is 1. The molecular formula is C23H25ClFN7O2. The van der Waals surface area contributed by atoms with E-state index in [1.54, 1.807) is 22.8 Å². The highest BCUT2D eigenvalue weighted by Crippen LogP contribution is 2.55. The highest BCUT2D eigenvalue weighted by atomic mass is 35.5. The first kappa shape index (κ1) is 21.5. The number of nitrogens with zero attached hydrogens (tertiary/aromatic N) is 6. The molecule has 2 saturated carbocycles. The third kappa shape index (κ3) is 3.55. The van der Waals surface area contributed by atoms with Gasteiger partial charge in [-0.15, -0.1) is 10.2 Å². The van der Waals surface area contributed by atoms with E-state index >= 15 is 0 Å². The summed E-state index contributed by atoms with van der Waals surface area (Å²) in [4.78, 5) is 19.5. The highest BCUT2D eigenvalue weighted by molar-refractivity contribution is 6.33. The lowest BCUT2D eigenvalue weighted by atomic mass is 9.64. The van der Waals surface area contributed by atoms with E-state index in [1.165, 1.54) is 25.0 Å². The summed E-state index contributed by atoms with van der Waals surface area (Å²) in [6.07, 6.45) is 6.40. The van der Waals surface area contributed by atoms with Crippen LogP contribution in [-0.2, 0) is 12.1 Å². The Labute approximate surface area is 200 Å². The quantitative estimate of drug-likeness (QED) is 0.558. The molecule has 3 heterocycles. The van der Waals surface area contributed by atoms with Crippen LogP contribution in [0.4, 0.5) is 14.9 Å². The summed E-state index contributed by atoms with van der Waals surface area (Å²) in [5, 5.41) is 15.6. The molecule has 11 heteroatoms. The van der Waals surface area contributed by atoms with Gasteiger partial charge in [0.2, 0.25) is 11.8 Å². The number of urea groups is 1. The van der Waals surface area contributed by atoms with Crippen molar-refractivity contribution < 1.29 is 13.6 Å². The fourth-order valence-electron chi connectivity index (χ4n) is 5.50. The standard InChI is InChI=1S/C23H25ClFN7O2/c1-12-5-15-9-23(8-12,21-29-28-13(2)34-21)32(15)22(33)27-19-6-16(17(24)7-18(19)25)20-26-11-31(30-20)10-14-3-4-14/h6-7,11-12,14-15H,3-5,8-10H2,1-2H3,(H,27,33)/t12-,15?,23?/m0/s1. The number of carbonyl (C=O) groups is 1. The summed E-state index contributed by atoms with van der Waals surface area (Å²) in [5.41, 5.74) is -0.173. The highest BCUT2D eigenvalue weighted by Gasteiger charge is 2.62. The Morgan fingerprint density at radius 1 is 1.32 bits per heavy atom. The molecule has 1 N–H and O–H groups in total. The molecule has 0 radical (unpaired) electrons. The van der Waals surface area contributed by atoms with Gasteiger partial charge in [0.15, 0.2) is 5.82 Å². The molecule has 1 saturated heterocycles. The molecule has 1 aromatic carbocycles. The number of benzene rings is 1. The van der Waals surface area contributed by atoms with E-state index in [0.29, 0.717) is 35.0 Å². The molecule has 3 atom stereocenters.